The molecular weight excluding hydrogens is 318 g/mol. The predicted molar refractivity (Wildman–Crippen MR) is 70.2 cm³/mol. The SMILES string of the molecule is O=Cc1ccc(OCc2cccc(F)c2Br)c(F)c1. The molecule has 2 aromatic rings. The fraction of sp³-hybridized carbons (Fsp3) is 0.0714. The summed E-state index contributed by atoms with van der Waals surface area (Å²) in [5.41, 5.74) is 0.802. The number of halogens is 3. The fourth-order valence-corrected chi connectivity index (χ4v) is 1.90. The molecule has 0 heterocycles. The van der Waals surface area contributed by atoms with Gasteiger partial charge < -0.3 is 4.74 Å². The van der Waals surface area contributed by atoms with Crippen molar-refractivity contribution in [2.45, 2.75) is 6.61 Å². The summed E-state index contributed by atoms with van der Waals surface area (Å²) in [7, 11) is 0. The van der Waals surface area contributed by atoms with Crippen LogP contribution in [-0.2, 0) is 6.61 Å². The number of carbonyl (C=O) groups excluding carboxylic acids is 1. The predicted octanol–water partition coefficient (Wildman–Crippen LogP) is 4.12. The number of hydrogen-bond donors (Lipinski definition) is 0. The second-order valence-corrected chi connectivity index (χ2v) is 4.60. The Balaban J connectivity index is 2.14. The van der Waals surface area contributed by atoms with E-state index in [0.29, 0.717) is 16.3 Å². The normalized spacial score (nSPS) is 10.3. The quantitative estimate of drug-likeness (QED) is 0.790. The molecule has 0 aromatic heterocycles. The van der Waals surface area contributed by atoms with E-state index in [2.05, 4.69) is 15.9 Å². The minimum Gasteiger partial charge on any atom is -0.486 e. The van der Waals surface area contributed by atoms with E-state index in [1.54, 1.807) is 12.1 Å². The lowest BCUT2D eigenvalue weighted by Crippen LogP contribution is -1.99. The lowest BCUT2D eigenvalue weighted by molar-refractivity contribution is 0.112. The Labute approximate surface area is 117 Å². The molecule has 0 spiro atoms. The molecule has 0 fully saturated rings. The molecule has 0 bridgehead atoms. The van der Waals surface area contributed by atoms with Crippen LogP contribution in [0.2, 0.25) is 0 Å². The van der Waals surface area contributed by atoms with E-state index in [1.807, 2.05) is 0 Å². The molecule has 0 N–H and O–H groups in total. The average molecular weight is 327 g/mol. The van der Waals surface area contributed by atoms with Gasteiger partial charge in [0.1, 0.15) is 18.7 Å². The molecule has 2 nitrogen and oxygen atoms in total. The number of hydrogen-bond acceptors (Lipinski definition) is 2. The van der Waals surface area contributed by atoms with Gasteiger partial charge in [0.05, 0.1) is 4.47 Å². The summed E-state index contributed by atoms with van der Waals surface area (Å²) in [6.07, 6.45) is 0.552. The van der Waals surface area contributed by atoms with Crippen LogP contribution in [0.5, 0.6) is 5.75 Å². The maximum absolute atomic E-state index is 13.6. The van der Waals surface area contributed by atoms with Crippen molar-refractivity contribution < 1.29 is 18.3 Å². The number of carbonyl (C=O) groups is 1. The van der Waals surface area contributed by atoms with Gasteiger partial charge in [0.2, 0.25) is 0 Å². The highest BCUT2D eigenvalue weighted by Crippen LogP contribution is 2.23. The number of benzene rings is 2. The maximum Gasteiger partial charge on any atom is 0.165 e. The van der Waals surface area contributed by atoms with Crippen molar-refractivity contribution in [2.75, 3.05) is 0 Å². The lowest BCUT2D eigenvalue weighted by atomic mass is 10.2. The van der Waals surface area contributed by atoms with Crippen molar-refractivity contribution in [1.82, 2.24) is 0 Å². The van der Waals surface area contributed by atoms with E-state index in [1.165, 1.54) is 18.2 Å². The summed E-state index contributed by atoms with van der Waals surface area (Å²) >= 11 is 3.10. The molecule has 2 aromatic carbocycles. The summed E-state index contributed by atoms with van der Waals surface area (Å²) in [5, 5.41) is 0. The Morgan fingerprint density at radius 2 is 1.95 bits per heavy atom. The molecule has 0 aliphatic heterocycles. The van der Waals surface area contributed by atoms with Gasteiger partial charge >= 0.3 is 0 Å². The Kier molecular flexibility index (Phi) is 4.27. The van der Waals surface area contributed by atoms with Crippen molar-refractivity contribution in [3.63, 3.8) is 0 Å². The summed E-state index contributed by atoms with van der Waals surface area (Å²) < 4.78 is 32.4. The van der Waals surface area contributed by atoms with Crippen LogP contribution in [0.15, 0.2) is 40.9 Å². The first-order chi connectivity index (χ1) is 9.11. The average Bonchev–Trinajstić information content (AvgIpc) is 2.41. The highest BCUT2D eigenvalue weighted by atomic mass is 79.9. The minimum atomic E-state index is -0.628. The van der Waals surface area contributed by atoms with Crippen LogP contribution < -0.4 is 4.74 Å². The molecule has 0 saturated carbocycles. The van der Waals surface area contributed by atoms with Gasteiger partial charge in [-0.3, -0.25) is 4.79 Å². The third-order valence-corrected chi connectivity index (χ3v) is 3.39. The Bertz CT molecular complexity index is 614. The van der Waals surface area contributed by atoms with Gasteiger partial charge in [0.25, 0.3) is 0 Å². The van der Waals surface area contributed by atoms with E-state index in [9.17, 15) is 13.6 Å². The standard InChI is InChI=1S/C14H9BrF2O2/c15-14-10(2-1-3-11(14)16)8-19-13-5-4-9(7-18)6-12(13)17/h1-7H,8H2. The van der Waals surface area contributed by atoms with Crippen LogP contribution in [0, 0.1) is 11.6 Å². The molecule has 5 heteroatoms. The van der Waals surface area contributed by atoms with E-state index < -0.39 is 11.6 Å². The highest BCUT2D eigenvalue weighted by Gasteiger charge is 2.08. The Morgan fingerprint density at radius 3 is 2.63 bits per heavy atom. The molecule has 0 aliphatic carbocycles. The molecule has 0 saturated heterocycles. The van der Waals surface area contributed by atoms with Gasteiger partial charge in [-0.1, -0.05) is 12.1 Å². The summed E-state index contributed by atoms with van der Waals surface area (Å²) in [5.74, 6) is -1.02. The molecule has 19 heavy (non-hydrogen) atoms. The van der Waals surface area contributed by atoms with Gasteiger partial charge in [-0.05, 0) is 40.2 Å². The third-order valence-electron chi connectivity index (χ3n) is 2.51. The highest BCUT2D eigenvalue weighted by molar-refractivity contribution is 9.10. The molecule has 0 aliphatic rings. The summed E-state index contributed by atoms with van der Waals surface area (Å²) in [6, 6.07) is 8.43. The van der Waals surface area contributed by atoms with Gasteiger partial charge in [-0.15, -0.1) is 0 Å². The van der Waals surface area contributed by atoms with Gasteiger partial charge in [-0.2, -0.15) is 0 Å². The first-order valence-electron chi connectivity index (χ1n) is 5.42. The van der Waals surface area contributed by atoms with E-state index >= 15 is 0 Å². The zero-order chi connectivity index (χ0) is 13.8. The Morgan fingerprint density at radius 1 is 1.16 bits per heavy atom. The van der Waals surface area contributed by atoms with E-state index in [0.717, 1.165) is 6.07 Å². The van der Waals surface area contributed by atoms with Gasteiger partial charge in [-0.25, -0.2) is 8.78 Å². The van der Waals surface area contributed by atoms with Crippen molar-refractivity contribution in [2.24, 2.45) is 0 Å². The second-order valence-electron chi connectivity index (χ2n) is 3.81. The smallest absolute Gasteiger partial charge is 0.165 e. The first-order valence-corrected chi connectivity index (χ1v) is 6.21. The number of aldehydes is 1. The fourth-order valence-electron chi connectivity index (χ4n) is 1.52. The minimum absolute atomic E-state index is 0.0155. The van der Waals surface area contributed by atoms with Crippen LogP contribution in [0.25, 0.3) is 0 Å². The maximum atomic E-state index is 13.6. The van der Waals surface area contributed by atoms with Crippen LogP contribution >= 0.6 is 15.9 Å². The molecule has 0 atom stereocenters. The van der Waals surface area contributed by atoms with Crippen molar-refractivity contribution in [1.29, 1.82) is 0 Å². The summed E-state index contributed by atoms with van der Waals surface area (Å²) in [6.45, 7) is 0.0235. The van der Waals surface area contributed by atoms with Crippen LogP contribution in [0.1, 0.15) is 15.9 Å². The monoisotopic (exact) mass is 326 g/mol. The molecule has 0 amide bonds. The van der Waals surface area contributed by atoms with Crippen molar-refractivity contribution in [3.05, 3.63) is 63.6 Å². The van der Waals surface area contributed by atoms with Crippen LogP contribution in [0.3, 0.4) is 0 Å². The van der Waals surface area contributed by atoms with Crippen LogP contribution in [0.4, 0.5) is 8.78 Å². The van der Waals surface area contributed by atoms with Gasteiger partial charge in [0, 0.05) is 11.1 Å². The first kappa shape index (κ1) is 13.7. The molecular formula is C14H9BrF2O2. The zero-order valence-corrected chi connectivity index (χ0v) is 11.3. The Hall–Kier alpha value is -1.75. The lowest BCUT2D eigenvalue weighted by Gasteiger charge is -2.09. The van der Waals surface area contributed by atoms with E-state index in [-0.39, 0.29) is 17.9 Å². The third kappa shape index (κ3) is 3.17. The number of ether oxygens (including phenoxy) is 1. The van der Waals surface area contributed by atoms with Gasteiger partial charge in [0.15, 0.2) is 11.6 Å². The largest absolute Gasteiger partial charge is 0.486 e. The van der Waals surface area contributed by atoms with Crippen molar-refractivity contribution in [3.8, 4) is 5.75 Å². The van der Waals surface area contributed by atoms with Crippen LogP contribution in [-0.4, -0.2) is 6.29 Å². The zero-order valence-electron chi connectivity index (χ0n) is 9.70. The molecule has 98 valence electrons. The van der Waals surface area contributed by atoms with E-state index in [4.69, 9.17) is 4.74 Å². The molecule has 0 radical (unpaired) electrons. The number of rotatable bonds is 4. The molecule has 2 rings (SSSR count). The molecule has 0 unspecified atom stereocenters. The van der Waals surface area contributed by atoms with Crippen molar-refractivity contribution >= 4 is 22.2 Å². The summed E-state index contributed by atoms with van der Waals surface area (Å²) in [4.78, 5) is 10.5. The second kappa shape index (κ2) is 5.93. The topological polar surface area (TPSA) is 26.3 Å².